The lowest BCUT2D eigenvalue weighted by atomic mass is 9.68. The highest BCUT2D eigenvalue weighted by Crippen LogP contribution is 2.39. The Hall–Kier alpha value is -1.20. The van der Waals surface area contributed by atoms with Crippen LogP contribution < -0.4 is 16.0 Å². The first-order chi connectivity index (χ1) is 9.20. The monoisotopic (exact) mass is 261 g/mol. The Morgan fingerprint density at radius 1 is 1.26 bits per heavy atom. The van der Waals surface area contributed by atoms with Gasteiger partial charge in [-0.15, -0.1) is 0 Å². The van der Waals surface area contributed by atoms with Crippen LogP contribution in [0.4, 0.5) is 5.95 Å². The van der Waals surface area contributed by atoms with Crippen molar-refractivity contribution < 1.29 is 0 Å². The number of rotatable bonds is 1. The molecule has 3 heterocycles. The fraction of sp³-hybridized carbons (Fsp3) is 0.714. The largest absolute Gasteiger partial charge is 0.339 e. The fourth-order valence-corrected chi connectivity index (χ4v) is 3.34. The summed E-state index contributed by atoms with van der Waals surface area (Å²) in [6.45, 7) is 6.12. The number of nitrogens with one attached hydrogen (secondary N) is 1. The molecule has 3 rings (SSSR count). The molecule has 2 saturated heterocycles. The zero-order valence-electron chi connectivity index (χ0n) is 11.6. The average molecular weight is 261 g/mol. The maximum Gasteiger partial charge on any atom is 0.225 e. The lowest BCUT2D eigenvalue weighted by Crippen LogP contribution is -2.58. The van der Waals surface area contributed by atoms with Gasteiger partial charge >= 0.3 is 0 Å². The third-order valence-electron chi connectivity index (χ3n) is 4.73. The van der Waals surface area contributed by atoms with Gasteiger partial charge in [-0.3, -0.25) is 0 Å². The average Bonchev–Trinajstić information content (AvgIpc) is 2.44. The van der Waals surface area contributed by atoms with Gasteiger partial charge in [0.15, 0.2) is 0 Å². The highest BCUT2D eigenvalue weighted by molar-refractivity contribution is 5.32. The Morgan fingerprint density at radius 2 is 1.95 bits per heavy atom. The predicted molar refractivity (Wildman–Crippen MR) is 76.1 cm³/mol. The second kappa shape index (κ2) is 5.06. The first-order valence-electron chi connectivity index (χ1n) is 7.20. The molecular formula is C14H23N5. The molecule has 0 radical (unpaired) electrons. The van der Waals surface area contributed by atoms with Gasteiger partial charge in [0, 0.05) is 31.5 Å². The van der Waals surface area contributed by atoms with E-state index in [4.69, 9.17) is 5.73 Å². The molecule has 1 unspecified atom stereocenters. The minimum Gasteiger partial charge on any atom is -0.339 e. The second-order valence-electron chi connectivity index (χ2n) is 5.98. The van der Waals surface area contributed by atoms with Crippen LogP contribution in [0.2, 0.25) is 0 Å². The molecule has 5 heteroatoms. The van der Waals surface area contributed by atoms with E-state index in [0.717, 1.165) is 44.1 Å². The minimum absolute atomic E-state index is 0.230. The van der Waals surface area contributed by atoms with Gasteiger partial charge in [-0.25, -0.2) is 9.97 Å². The molecule has 19 heavy (non-hydrogen) atoms. The summed E-state index contributed by atoms with van der Waals surface area (Å²) >= 11 is 0. The SMILES string of the molecule is Cc1cnc(N2CCC3(CCNCC3)C(N)C2)nc1. The van der Waals surface area contributed by atoms with E-state index in [9.17, 15) is 0 Å². The molecule has 1 spiro atoms. The summed E-state index contributed by atoms with van der Waals surface area (Å²) in [5, 5.41) is 3.43. The van der Waals surface area contributed by atoms with Crippen LogP contribution in [-0.2, 0) is 0 Å². The predicted octanol–water partition coefficient (Wildman–Crippen LogP) is 0.692. The summed E-state index contributed by atoms with van der Waals surface area (Å²) in [6, 6.07) is 0.230. The number of aromatic nitrogens is 2. The van der Waals surface area contributed by atoms with Crippen molar-refractivity contribution in [2.45, 2.75) is 32.2 Å². The number of hydrogen-bond donors (Lipinski definition) is 2. The Balaban J connectivity index is 1.71. The molecule has 0 aromatic carbocycles. The number of anilines is 1. The molecule has 1 atom stereocenters. The third kappa shape index (κ3) is 2.44. The molecule has 3 N–H and O–H groups in total. The Labute approximate surface area is 114 Å². The summed E-state index contributed by atoms with van der Waals surface area (Å²) in [7, 11) is 0. The molecule has 1 aromatic heterocycles. The third-order valence-corrected chi connectivity index (χ3v) is 4.73. The summed E-state index contributed by atoms with van der Waals surface area (Å²) in [5.74, 6) is 0.824. The molecule has 104 valence electrons. The van der Waals surface area contributed by atoms with Gasteiger partial charge in [-0.05, 0) is 50.3 Å². The van der Waals surface area contributed by atoms with Gasteiger partial charge in [0.25, 0.3) is 0 Å². The van der Waals surface area contributed by atoms with Crippen LogP contribution in [-0.4, -0.2) is 42.2 Å². The summed E-state index contributed by atoms with van der Waals surface area (Å²) < 4.78 is 0. The van der Waals surface area contributed by atoms with Crippen molar-refractivity contribution in [3.05, 3.63) is 18.0 Å². The topological polar surface area (TPSA) is 67.1 Å². The Kier molecular flexibility index (Phi) is 3.41. The van der Waals surface area contributed by atoms with Gasteiger partial charge < -0.3 is 16.0 Å². The fourth-order valence-electron chi connectivity index (χ4n) is 3.34. The summed E-state index contributed by atoms with van der Waals surface area (Å²) in [5.41, 5.74) is 7.91. The maximum atomic E-state index is 6.48. The molecule has 1 aromatic rings. The minimum atomic E-state index is 0.230. The molecule has 2 fully saturated rings. The van der Waals surface area contributed by atoms with Crippen LogP contribution >= 0.6 is 0 Å². The van der Waals surface area contributed by atoms with Crippen molar-refractivity contribution in [2.75, 3.05) is 31.1 Å². The van der Waals surface area contributed by atoms with Crippen molar-refractivity contribution in [3.63, 3.8) is 0 Å². The van der Waals surface area contributed by atoms with Gasteiger partial charge in [-0.2, -0.15) is 0 Å². The number of nitrogens with two attached hydrogens (primary N) is 1. The smallest absolute Gasteiger partial charge is 0.225 e. The van der Waals surface area contributed by atoms with Crippen molar-refractivity contribution in [1.82, 2.24) is 15.3 Å². The van der Waals surface area contributed by atoms with E-state index < -0.39 is 0 Å². The van der Waals surface area contributed by atoms with E-state index in [0.29, 0.717) is 5.41 Å². The first-order valence-corrected chi connectivity index (χ1v) is 7.20. The molecule has 0 amide bonds. The number of piperidine rings is 2. The molecule has 5 nitrogen and oxygen atoms in total. The number of nitrogens with zero attached hydrogens (tertiary/aromatic N) is 3. The summed E-state index contributed by atoms with van der Waals surface area (Å²) in [4.78, 5) is 11.1. The molecule has 2 aliphatic heterocycles. The van der Waals surface area contributed by atoms with Gasteiger partial charge in [0.1, 0.15) is 0 Å². The van der Waals surface area contributed by atoms with Crippen LogP contribution in [0.15, 0.2) is 12.4 Å². The summed E-state index contributed by atoms with van der Waals surface area (Å²) in [6.07, 6.45) is 7.33. The van der Waals surface area contributed by atoms with Crippen LogP contribution in [0.5, 0.6) is 0 Å². The van der Waals surface area contributed by atoms with E-state index in [1.165, 1.54) is 12.8 Å². The Bertz CT molecular complexity index is 424. The van der Waals surface area contributed by atoms with Crippen LogP contribution in [0.1, 0.15) is 24.8 Å². The van der Waals surface area contributed by atoms with Crippen molar-refractivity contribution in [3.8, 4) is 0 Å². The highest BCUT2D eigenvalue weighted by Gasteiger charge is 2.42. The first kappa shape index (κ1) is 12.8. The van der Waals surface area contributed by atoms with Crippen molar-refractivity contribution in [1.29, 1.82) is 0 Å². The molecular weight excluding hydrogens is 238 g/mol. The quantitative estimate of drug-likeness (QED) is 0.778. The standard InChI is InChI=1S/C14H23N5/c1-11-8-17-13(18-9-11)19-7-4-14(12(15)10-19)2-5-16-6-3-14/h8-9,12,16H,2-7,10,15H2,1H3. The van der Waals surface area contributed by atoms with Crippen LogP contribution in [0.3, 0.4) is 0 Å². The number of aryl methyl sites for hydroxylation is 1. The van der Waals surface area contributed by atoms with Gasteiger partial charge in [-0.1, -0.05) is 0 Å². The van der Waals surface area contributed by atoms with E-state index in [1.807, 2.05) is 19.3 Å². The molecule has 0 aliphatic carbocycles. The second-order valence-corrected chi connectivity index (χ2v) is 5.98. The van der Waals surface area contributed by atoms with E-state index in [-0.39, 0.29) is 6.04 Å². The van der Waals surface area contributed by atoms with Crippen molar-refractivity contribution >= 4 is 5.95 Å². The maximum absolute atomic E-state index is 6.48. The zero-order valence-corrected chi connectivity index (χ0v) is 11.6. The van der Waals surface area contributed by atoms with Crippen LogP contribution in [0.25, 0.3) is 0 Å². The van der Waals surface area contributed by atoms with Crippen LogP contribution in [0, 0.1) is 12.3 Å². The molecule has 0 saturated carbocycles. The lowest BCUT2D eigenvalue weighted by molar-refractivity contribution is 0.125. The van der Waals surface area contributed by atoms with Gasteiger partial charge in [0.05, 0.1) is 0 Å². The van der Waals surface area contributed by atoms with E-state index >= 15 is 0 Å². The van der Waals surface area contributed by atoms with E-state index in [2.05, 4.69) is 20.2 Å². The van der Waals surface area contributed by atoms with E-state index in [1.54, 1.807) is 0 Å². The lowest BCUT2D eigenvalue weighted by Gasteiger charge is -2.48. The Morgan fingerprint density at radius 3 is 2.58 bits per heavy atom. The zero-order chi connectivity index (χ0) is 13.3. The van der Waals surface area contributed by atoms with Gasteiger partial charge in [0.2, 0.25) is 5.95 Å². The molecule has 0 bridgehead atoms. The van der Waals surface area contributed by atoms with Crippen molar-refractivity contribution in [2.24, 2.45) is 11.1 Å². The highest BCUT2D eigenvalue weighted by atomic mass is 15.3. The number of hydrogen-bond acceptors (Lipinski definition) is 5. The molecule has 2 aliphatic rings. The normalized spacial score (nSPS) is 26.6.